The number of nitrogens with one attached hydrogen (secondary N) is 1. The van der Waals surface area contributed by atoms with Crippen LogP contribution in [-0.4, -0.2) is 19.2 Å². The molecule has 1 N–H and O–H groups in total. The van der Waals surface area contributed by atoms with Gasteiger partial charge < -0.3 is 0 Å². The van der Waals surface area contributed by atoms with E-state index in [4.69, 9.17) is 0 Å². The van der Waals surface area contributed by atoms with E-state index in [2.05, 4.69) is 9.71 Å². The van der Waals surface area contributed by atoms with E-state index >= 15 is 0 Å². The van der Waals surface area contributed by atoms with Gasteiger partial charge >= 0.3 is 0 Å². The van der Waals surface area contributed by atoms with Crippen molar-refractivity contribution in [3.05, 3.63) is 29.6 Å². The van der Waals surface area contributed by atoms with Crippen molar-refractivity contribution < 1.29 is 8.42 Å². The molecule has 2 bridgehead atoms. The molecule has 3 aliphatic carbocycles. The Bertz CT molecular complexity index is 591. The lowest BCUT2D eigenvalue weighted by Crippen LogP contribution is -2.42. The van der Waals surface area contributed by atoms with Gasteiger partial charge in [0.15, 0.2) is 0 Å². The Kier molecular flexibility index (Phi) is 4.06. The molecule has 0 atom stereocenters. The minimum absolute atomic E-state index is 0.0414. The number of nitrogens with zero attached hydrogens (tertiary/aromatic N) is 1. The summed E-state index contributed by atoms with van der Waals surface area (Å²) in [6.07, 6.45) is 8.61. The second kappa shape index (κ2) is 5.69. The molecule has 4 nitrogen and oxygen atoms in total. The highest BCUT2D eigenvalue weighted by molar-refractivity contribution is 7.89. The molecule has 3 fully saturated rings. The van der Waals surface area contributed by atoms with E-state index in [0.717, 1.165) is 36.4 Å². The van der Waals surface area contributed by atoms with Gasteiger partial charge in [-0.2, -0.15) is 0 Å². The number of pyridine rings is 1. The van der Waals surface area contributed by atoms with Crippen LogP contribution in [0.2, 0.25) is 0 Å². The van der Waals surface area contributed by atoms with Gasteiger partial charge in [-0.15, -0.1) is 0 Å². The van der Waals surface area contributed by atoms with Crippen LogP contribution in [0.3, 0.4) is 0 Å². The first-order valence-electron chi connectivity index (χ1n) is 7.86. The van der Waals surface area contributed by atoms with E-state index in [0.29, 0.717) is 12.3 Å². The average Bonchev–Trinajstić information content (AvgIpc) is 2.47. The number of aryl methyl sites for hydroxylation is 1. The molecule has 0 aliphatic heterocycles. The van der Waals surface area contributed by atoms with Crippen molar-refractivity contribution in [2.24, 2.45) is 11.3 Å². The molecule has 0 aromatic carbocycles. The molecule has 0 amide bonds. The Morgan fingerprint density at radius 1 is 1.29 bits per heavy atom. The standard InChI is InChI=1S/C16H24N2O2S/c1-13-3-2-10-17-15(13)11-18-21(19,20)12-16-7-4-14(5-8-16)6-9-16/h2-3,10,14,18H,4-9,11-12H2,1H3. The van der Waals surface area contributed by atoms with E-state index in [-0.39, 0.29) is 5.41 Å². The molecule has 0 saturated heterocycles. The van der Waals surface area contributed by atoms with Gasteiger partial charge in [0.1, 0.15) is 0 Å². The highest BCUT2D eigenvalue weighted by Gasteiger charge is 2.43. The molecular weight excluding hydrogens is 284 g/mol. The number of fused-ring (bicyclic) bond motifs is 3. The van der Waals surface area contributed by atoms with Crippen molar-refractivity contribution in [2.75, 3.05) is 5.75 Å². The van der Waals surface area contributed by atoms with Crippen molar-refractivity contribution in [1.29, 1.82) is 0 Å². The summed E-state index contributed by atoms with van der Waals surface area (Å²) in [7, 11) is -3.23. The first kappa shape index (κ1) is 15.0. The molecule has 4 rings (SSSR count). The predicted molar refractivity (Wildman–Crippen MR) is 83.2 cm³/mol. The largest absolute Gasteiger partial charge is 0.260 e. The lowest BCUT2D eigenvalue weighted by atomic mass is 9.62. The fourth-order valence-electron chi connectivity index (χ4n) is 3.89. The zero-order valence-corrected chi connectivity index (χ0v) is 13.5. The van der Waals surface area contributed by atoms with Crippen LogP contribution in [0.4, 0.5) is 0 Å². The van der Waals surface area contributed by atoms with Crippen LogP contribution >= 0.6 is 0 Å². The Labute approximate surface area is 127 Å². The average molecular weight is 308 g/mol. The van der Waals surface area contributed by atoms with Crippen molar-refractivity contribution in [1.82, 2.24) is 9.71 Å². The maximum atomic E-state index is 12.4. The van der Waals surface area contributed by atoms with Gasteiger partial charge in [0.2, 0.25) is 10.0 Å². The normalized spacial score (nSPS) is 28.7. The van der Waals surface area contributed by atoms with Gasteiger partial charge in [-0.3, -0.25) is 4.98 Å². The van der Waals surface area contributed by atoms with E-state index in [1.54, 1.807) is 6.20 Å². The quantitative estimate of drug-likeness (QED) is 0.910. The third-order valence-corrected chi connectivity index (χ3v) is 6.90. The fraction of sp³-hybridized carbons (Fsp3) is 0.688. The van der Waals surface area contributed by atoms with Crippen LogP contribution in [0, 0.1) is 18.3 Å². The molecule has 1 aromatic rings. The summed E-state index contributed by atoms with van der Waals surface area (Å²) in [5.74, 6) is 1.15. The zero-order valence-electron chi connectivity index (χ0n) is 12.6. The minimum atomic E-state index is -3.23. The van der Waals surface area contributed by atoms with Crippen LogP contribution in [0.1, 0.15) is 49.8 Å². The van der Waals surface area contributed by atoms with Crippen molar-refractivity contribution in [2.45, 2.75) is 52.0 Å². The van der Waals surface area contributed by atoms with Crippen LogP contribution in [0.25, 0.3) is 0 Å². The van der Waals surface area contributed by atoms with Gasteiger partial charge in [0.25, 0.3) is 0 Å². The summed E-state index contributed by atoms with van der Waals surface area (Å²) in [5.41, 5.74) is 1.88. The smallest absolute Gasteiger partial charge is 0.212 e. The summed E-state index contributed by atoms with van der Waals surface area (Å²) >= 11 is 0. The first-order chi connectivity index (χ1) is 9.98. The number of hydrogen-bond acceptors (Lipinski definition) is 3. The Balaban J connectivity index is 1.63. The third kappa shape index (κ3) is 3.46. The predicted octanol–water partition coefficient (Wildman–Crippen LogP) is 2.78. The first-order valence-corrected chi connectivity index (χ1v) is 9.51. The molecule has 3 aliphatic rings. The summed E-state index contributed by atoms with van der Waals surface area (Å²) in [4.78, 5) is 4.25. The van der Waals surface area contributed by atoms with Crippen LogP contribution in [0.5, 0.6) is 0 Å². The summed E-state index contributed by atoms with van der Waals surface area (Å²) in [6.45, 7) is 2.26. The van der Waals surface area contributed by atoms with Gasteiger partial charge in [-0.1, -0.05) is 6.07 Å². The van der Waals surface area contributed by atoms with Gasteiger partial charge in [-0.25, -0.2) is 13.1 Å². The second-order valence-electron chi connectivity index (χ2n) is 6.83. The minimum Gasteiger partial charge on any atom is -0.260 e. The zero-order chi connectivity index (χ0) is 14.9. The van der Waals surface area contributed by atoms with Gasteiger partial charge in [0, 0.05) is 6.20 Å². The van der Waals surface area contributed by atoms with Crippen molar-refractivity contribution >= 4 is 10.0 Å². The monoisotopic (exact) mass is 308 g/mol. The molecule has 21 heavy (non-hydrogen) atoms. The molecule has 0 radical (unpaired) electrons. The maximum absolute atomic E-state index is 12.4. The van der Waals surface area contributed by atoms with Crippen molar-refractivity contribution in [3.8, 4) is 0 Å². The Morgan fingerprint density at radius 2 is 1.95 bits per heavy atom. The molecule has 0 spiro atoms. The summed E-state index contributed by atoms with van der Waals surface area (Å²) in [6, 6.07) is 3.82. The molecule has 5 heteroatoms. The van der Waals surface area contributed by atoms with E-state index in [9.17, 15) is 8.42 Å². The number of rotatable bonds is 5. The van der Waals surface area contributed by atoms with E-state index in [1.807, 2.05) is 19.1 Å². The summed E-state index contributed by atoms with van der Waals surface area (Å²) < 4.78 is 27.6. The van der Waals surface area contributed by atoms with E-state index < -0.39 is 10.0 Å². The lowest BCUT2D eigenvalue weighted by Gasteiger charge is -2.46. The van der Waals surface area contributed by atoms with Crippen LogP contribution < -0.4 is 4.72 Å². The topological polar surface area (TPSA) is 59.1 Å². The second-order valence-corrected chi connectivity index (χ2v) is 8.64. The lowest BCUT2D eigenvalue weighted by molar-refractivity contribution is 0.0858. The molecule has 1 aromatic heterocycles. The van der Waals surface area contributed by atoms with Crippen LogP contribution in [-0.2, 0) is 16.6 Å². The fourth-order valence-corrected chi connectivity index (χ4v) is 5.59. The highest BCUT2D eigenvalue weighted by atomic mass is 32.2. The van der Waals surface area contributed by atoms with Crippen LogP contribution in [0.15, 0.2) is 18.3 Å². The van der Waals surface area contributed by atoms with Gasteiger partial charge in [0.05, 0.1) is 18.0 Å². The molecule has 3 saturated carbocycles. The highest BCUT2D eigenvalue weighted by Crippen LogP contribution is 2.50. The molecule has 1 heterocycles. The molecule has 0 unspecified atom stereocenters. The Hall–Kier alpha value is -0.940. The molecule has 116 valence electrons. The van der Waals surface area contributed by atoms with Gasteiger partial charge in [-0.05, 0) is 68.4 Å². The number of sulfonamides is 1. The SMILES string of the molecule is Cc1cccnc1CNS(=O)(=O)CC12CCC(CC1)CC2. The number of aromatic nitrogens is 1. The Morgan fingerprint density at radius 3 is 2.57 bits per heavy atom. The number of hydrogen-bond donors (Lipinski definition) is 1. The van der Waals surface area contributed by atoms with Crippen molar-refractivity contribution in [3.63, 3.8) is 0 Å². The summed E-state index contributed by atoms with van der Waals surface area (Å²) in [5, 5.41) is 0. The van der Waals surface area contributed by atoms with E-state index in [1.165, 1.54) is 19.3 Å². The third-order valence-electron chi connectivity index (χ3n) is 5.32. The molecular formula is C16H24N2O2S. The maximum Gasteiger partial charge on any atom is 0.212 e.